The molecule has 2 aromatic rings. The van der Waals surface area contributed by atoms with Gasteiger partial charge in [-0.25, -0.2) is 4.98 Å². The summed E-state index contributed by atoms with van der Waals surface area (Å²) in [6.07, 6.45) is 2.94. The third-order valence-electron chi connectivity index (χ3n) is 4.63. The smallest absolute Gasteiger partial charge is 0.272 e. The predicted molar refractivity (Wildman–Crippen MR) is 115 cm³/mol. The van der Waals surface area contributed by atoms with Crippen molar-refractivity contribution in [3.05, 3.63) is 44.8 Å². The Labute approximate surface area is 180 Å². The molecule has 0 radical (unpaired) electrons. The van der Waals surface area contributed by atoms with Crippen molar-refractivity contribution in [1.82, 2.24) is 14.9 Å². The molecule has 6 nitrogen and oxygen atoms in total. The summed E-state index contributed by atoms with van der Waals surface area (Å²) in [5.41, 5.74) is 1.53. The van der Waals surface area contributed by atoms with Crippen LogP contribution in [-0.2, 0) is 16.0 Å². The zero-order chi connectivity index (χ0) is 19.5. The Hall–Kier alpha value is -1.29. The number of fused-ring (bicyclic) bond motifs is 1. The van der Waals surface area contributed by atoms with Crippen molar-refractivity contribution in [3.8, 4) is 5.69 Å². The number of nitrogens with zero attached hydrogens (tertiary/aromatic N) is 2. The molecular weight excluding hydrogens is 462 g/mol. The number of halogens is 1. The van der Waals surface area contributed by atoms with Gasteiger partial charge in [0.2, 0.25) is 5.91 Å². The number of hydrogen-bond donors (Lipinski definition) is 1. The van der Waals surface area contributed by atoms with Gasteiger partial charge in [-0.1, -0.05) is 27.7 Å². The average Bonchev–Trinajstić information content (AvgIpc) is 3.37. The number of hydrogen-bond acceptors (Lipinski definition) is 6. The molecule has 148 valence electrons. The van der Waals surface area contributed by atoms with E-state index in [9.17, 15) is 9.59 Å². The highest BCUT2D eigenvalue weighted by Gasteiger charge is 2.23. The maximum Gasteiger partial charge on any atom is 0.272 e. The van der Waals surface area contributed by atoms with Crippen molar-refractivity contribution in [2.45, 2.75) is 35.4 Å². The van der Waals surface area contributed by atoms with Gasteiger partial charge >= 0.3 is 0 Å². The van der Waals surface area contributed by atoms with Gasteiger partial charge in [0.05, 0.1) is 28.1 Å². The molecule has 0 spiro atoms. The molecular formula is C19H20BrN3O3S2. The summed E-state index contributed by atoms with van der Waals surface area (Å²) >= 11 is 6.27. The van der Waals surface area contributed by atoms with Gasteiger partial charge in [0.1, 0.15) is 0 Å². The minimum absolute atomic E-state index is 0.0583. The van der Waals surface area contributed by atoms with Crippen LogP contribution >= 0.6 is 39.5 Å². The fourth-order valence-corrected chi connectivity index (χ4v) is 5.37. The highest BCUT2D eigenvalue weighted by Crippen LogP contribution is 2.30. The van der Waals surface area contributed by atoms with E-state index in [1.165, 1.54) is 11.8 Å². The summed E-state index contributed by atoms with van der Waals surface area (Å²) in [7, 11) is 0. The molecule has 3 heterocycles. The van der Waals surface area contributed by atoms with Gasteiger partial charge in [-0.05, 0) is 37.1 Å². The minimum atomic E-state index is -0.0769. The Morgan fingerprint density at radius 3 is 2.96 bits per heavy atom. The van der Waals surface area contributed by atoms with E-state index >= 15 is 0 Å². The average molecular weight is 482 g/mol. The van der Waals surface area contributed by atoms with E-state index in [0.717, 1.165) is 52.4 Å². The Balaban J connectivity index is 1.53. The number of nitrogens with one attached hydrogen (secondary N) is 1. The van der Waals surface area contributed by atoms with Crippen LogP contribution in [0.3, 0.4) is 0 Å². The lowest BCUT2D eigenvalue weighted by Crippen LogP contribution is -2.33. The first-order valence-corrected chi connectivity index (χ1v) is 11.9. The van der Waals surface area contributed by atoms with Crippen molar-refractivity contribution >= 4 is 45.4 Å². The number of carbonyl (C=O) groups is 1. The van der Waals surface area contributed by atoms with Gasteiger partial charge in [-0.2, -0.15) is 0 Å². The zero-order valence-electron chi connectivity index (χ0n) is 15.2. The fraction of sp³-hybridized carbons (Fsp3) is 0.421. The highest BCUT2D eigenvalue weighted by molar-refractivity contribution is 9.10. The molecule has 0 bridgehead atoms. The predicted octanol–water partition coefficient (Wildman–Crippen LogP) is 3.03. The van der Waals surface area contributed by atoms with E-state index in [1.54, 1.807) is 16.3 Å². The molecule has 1 saturated heterocycles. The summed E-state index contributed by atoms with van der Waals surface area (Å²) in [4.78, 5) is 30.8. The van der Waals surface area contributed by atoms with Crippen LogP contribution in [0, 0.1) is 0 Å². The molecule has 1 amide bonds. The number of thioether (sulfide) groups is 2. The van der Waals surface area contributed by atoms with Crippen molar-refractivity contribution in [2.24, 2.45) is 0 Å². The number of aryl methyl sites for hydroxylation is 1. The largest absolute Gasteiger partial charge is 0.376 e. The summed E-state index contributed by atoms with van der Waals surface area (Å²) in [5, 5.41) is 3.47. The molecule has 0 unspecified atom stereocenters. The first kappa shape index (κ1) is 20.0. The summed E-state index contributed by atoms with van der Waals surface area (Å²) in [6, 6.07) is 7.54. The zero-order valence-corrected chi connectivity index (χ0v) is 18.4. The molecule has 4 rings (SSSR count). The van der Waals surface area contributed by atoms with Gasteiger partial charge in [-0.15, -0.1) is 11.8 Å². The van der Waals surface area contributed by atoms with Crippen LogP contribution in [0.25, 0.3) is 5.69 Å². The molecule has 28 heavy (non-hydrogen) atoms. The molecule has 0 aliphatic carbocycles. The molecule has 9 heteroatoms. The van der Waals surface area contributed by atoms with Crippen LogP contribution in [0.1, 0.15) is 18.5 Å². The maximum absolute atomic E-state index is 13.1. The molecule has 1 atom stereocenters. The normalized spacial score (nSPS) is 18.2. The van der Waals surface area contributed by atoms with E-state index in [4.69, 9.17) is 9.72 Å². The second kappa shape index (κ2) is 9.02. The lowest BCUT2D eigenvalue weighted by Gasteiger charge is -2.14. The number of aromatic nitrogens is 2. The second-order valence-corrected chi connectivity index (χ2v) is 9.58. The summed E-state index contributed by atoms with van der Waals surface area (Å²) in [5.74, 6) is 1.00. The molecule has 1 N–H and O–H groups in total. The van der Waals surface area contributed by atoms with E-state index < -0.39 is 0 Å². The molecule has 2 aliphatic rings. The van der Waals surface area contributed by atoms with Crippen LogP contribution in [0.15, 0.2) is 43.6 Å². The lowest BCUT2D eigenvalue weighted by atomic mass is 10.2. The van der Waals surface area contributed by atoms with E-state index in [-0.39, 0.29) is 23.3 Å². The SMILES string of the molecule is O=C(CSc1nc2c(c(=O)n1-c1ccc(Br)cc1)SCC2)NC[C@@H]1CCCO1. The molecule has 1 aromatic heterocycles. The first-order chi connectivity index (χ1) is 13.6. The van der Waals surface area contributed by atoms with Crippen molar-refractivity contribution in [3.63, 3.8) is 0 Å². The number of amides is 1. The topological polar surface area (TPSA) is 73.2 Å². The van der Waals surface area contributed by atoms with E-state index in [2.05, 4.69) is 21.2 Å². The summed E-state index contributed by atoms with van der Waals surface area (Å²) < 4.78 is 8.09. The minimum Gasteiger partial charge on any atom is -0.376 e. The third-order valence-corrected chi connectivity index (χ3v) is 7.21. The number of ether oxygens (including phenoxy) is 1. The molecule has 1 aromatic carbocycles. The van der Waals surface area contributed by atoms with Crippen LogP contribution in [0.5, 0.6) is 0 Å². The van der Waals surface area contributed by atoms with Crippen LogP contribution in [0.4, 0.5) is 0 Å². The van der Waals surface area contributed by atoms with Gasteiger partial charge in [0.25, 0.3) is 5.56 Å². The Kier molecular flexibility index (Phi) is 6.45. The highest BCUT2D eigenvalue weighted by atomic mass is 79.9. The van der Waals surface area contributed by atoms with Gasteiger partial charge in [0.15, 0.2) is 5.16 Å². The maximum atomic E-state index is 13.1. The number of rotatable bonds is 6. The number of carbonyl (C=O) groups excluding carboxylic acids is 1. The Morgan fingerprint density at radius 2 is 2.21 bits per heavy atom. The molecule has 1 fully saturated rings. The quantitative estimate of drug-likeness (QED) is 0.504. The Bertz CT molecular complexity index is 927. The van der Waals surface area contributed by atoms with Gasteiger partial charge in [-0.3, -0.25) is 14.2 Å². The monoisotopic (exact) mass is 481 g/mol. The number of benzene rings is 1. The second-order valence-electron chi connectivity index (χ2n) is 6.61. The summed E-state index contributed by atoms with van der Waals surface area (Å²) in [6.45, 7) is 1.30. The van der Waals surface area contributed by atoms with E-state index in [0.29, 0.717) is 11.7 Å². The van der Waals surface area contributed by atoms with Crippen molar-refractivity contribution in [1.29, 1.82) is 0 Å². The van der Waals surface area contributed by atoms with Crippen LogP contribution < -0.4 is 10.9 Å². The van der Waals surface area contributed by atoms with Gasteiger partial charge < -0.3 is 10.1 Å². The first-order valence-electron chi connectivity index (χ1n) is 9.17. The van der Waals surface area contributed by atoms with Crippen LogP contribution in [-0.4, -0.2) is 46.2 Å². The standard InChI is InChI=1S/C19H20BrN3O3S2/c20-12-3-5-13(6-4-12)23-18(25)17-15(7-9-27-17)22-19(23)28-11-16(24)21-10-14-2-1-8-26-14/h3-6,14H,1-2,7-11H2,(H,21,24)/t14-/m0/s1. The third kappa shape index (κ3) is 4.48. The van der Waals surface area contributed by atoms with Crippen molar-refractivity contribution < 1.29 is 9.53 Å². The Morgan fingerprint density at radius 1 is 1.39 bits per heavy atom. The lowest BCUT2D eigenvalue weighted by molar-refractivity contribution is -0.119. The molecule has 2 aliphatic heterocycles. The fourth-order valence-electron chi connectivity index (χ4n) is 3.22. The molecule has 0 saturated carbocycles. The van der Waals surface area contributed by atoms with Crippen molar-refractivity contribution in [2.75, 3.05) is 24.7 Å². The van der Waals surface area contributed by atoms with Gasteiger partial charge in [0, 0.05) is 29.8 Å². The van der Waals surface area contributed by atoms with E-state index in [1.807, 2.05) is 24.3 Å². The van der Waals surface area contributed by atoms with Crippen LogP contribution in [0.2, 0.25) is 0 Å².